The van der Waals surface area contributed by atoms with Crippen molar-refractivity contribution in [2.75, 3.05) is 7.05 Å². The van der Waals surface area contributed by atoms with Crippen molar-refractivity contribution in [1.29, 1.82) is 0 Å². The highest BCUT2D eigenvalue weighted by Crippen LogP contribution is 2.25. The molecule has 0 aliphatic heterocycles. The van der Waals surface area contributed by atoms with Crippen LogP contribution < -0.4 is 5.73 Å². The van der Waals surface area contributed by atoms with Gasteiger partial charge in [-0.05, 0) is 26.2 Å². The Morgan fingerprint density at radius 1 is 1.61 bits per heavy atom. The second-order valence-electron chi connectivity index (χ2n) is 5.18. The molecule has 100 valence electrons. The summed E-state index contributed by atoms with van der Waals surface area (Å²) in [6.07, 6.45) is 3.95. The number of aromatic nitrogens is 1. The van der Waals surface area contributed by atoms with Crippen LogP contribution in [0, 0.1) is 12.8 Å². The average molecular weight is 267 g/mol. The van der Waals surface area contributed by atoms with E-state index in [1.165, 1.54) is 4.88 Å². The summed E-state index contributed by atoms with van der Waals surface area (Å²) in [7, 11) is 1.88. The maximum Gasteiger partial charge on any atom is 0.225 e. The molecule has 2 rings (SSSR count). The van der Waals surface area contributed by atoms with Gasteiger partial charge in [0.15, 0.2) is 0 Å². The van der Waals surface area contributed by atoms with Crippen LogP contribution in [-0.2, 0) is 11.3 Å². The van der Waals surface area contributed by atoms with Crippen LogP contribution in [0.4, 0.5) is 0 Å². The minimum atomic E-state index is 0.118. The lowest BCUT2D eigenvalue weighted by molar-refractivity contribution is -0.135. The molecule has 0 saturated heterocycles. The maximum atomic E-state index is 12.3. The quantitative estimate of drug-likeness (QED) is 0.910. The number of rotatable bonds is 3. The molecule has 1 aliphatic carbocycles. The fourth-order valence-electron chi connectivity index (χ4n) is 2.53. The average Bonchev–Trinajstić information content (AvgIpc) is 2.74. The largest absolute Gasteiger partial charge is 0.340 e. The Morgan fingerprint density at radius 2 is 2.39 bits per heavy atom. The van der Waals surface area contributed by atoms with Gasteiger partial charge in [0.05, 0.1) is 17.7 Å². The Kier molecular flexibility index (Phi) is 4.35. The number of hydrogen-bond donors (Lipinski definition) is 1. The van der Waals surface area contributed by atoms with E-state index in [2.05, 4.69) is 4.98 Å². The molecule has 1 aromatic rings. The zero-order valence-corrected chi connectivity index (χ0v) is 11.9. The van der Waals surface area contributed by atoms with Crippen LogP contribution in [0.5, 0.6) is 0 Å². The topological polar surface area (TPSA) is 59.2 Å². The van der Waals surface area contributed by atoms with Crippen molar-refractivity contribution in [3.8, 4) is 0 Å². The van der Waals surface area contributed by atoms with E-state index in [4.69, 9.17) is 5.73 Å². The Balaban J connectivity index is 1.94. The van der Waals surface area contributed by atoms with Crippen LogP contribution in [0.3, 0.4) is 0 Å². The standard InChI is InChI=1S/C13H21N3OS/c1-9-12(18-8-15-9)7-16(2)13(17)10-4-3-5-11(14)6-10/h8,10-11H,3-7,14H2,1-2H3/t10-,11-/m1/s1. The van der Waals surface area contributed by atoms with Crippen molar-refractivity contribution in [3.63, 3.8) is 0 Å². The Morgan fingerprint density at radius 3 is 3.00 bits per heavy atom. The van der Waals surface area contributed by atoms with E-state index in [0.29, 0.717) is 6.54 Å². The number of amides is 1. The van der Waals surface area contributed by atoms with Gasteiger partial charge in [-0.25, -0.2) is 4.98 Å². The second-order valence-corrected chi connectivity index (χ2v) is 6.12. The van der Waals surface area contributed by atoms with E-state index in [1.807, 2.05) is 24.4 Å². The van der Waals surface area contributed by atoms with Gasteiger partial charge in [-0.2, -0.15) is 0 Å². The Labute approximate surface area is 112 Å². The van der Waals surface area contributed by atoms with Crippen molar-refractivity contribution in [1.82, 2.24) is 9.88 Å². The van der Waals surface area contributed by atoms with E-state index in [-0.39, 0.29) is 17.9 Å². The number of nitrogens with two attached hydrogens (primary N) is 1. The molecule has 1 saturated carbocycles. The number of carbonyl (C=O) groups is 1. The van der Waals surface area contributed by atoms with Gasteiger partial charge in [-0.1, -0.05) is 6.42 Å². The summed E-state index contributed by atoms with van der Waals surface area (Å²) >= 11 is 1.61. The molecule has 0 bridgehead atoms. The first-order chi connectivity index (χ1) is 8.58. The van der Waals surface area contributed by atoms with Gasteiger partial charge in [-0.3, -0.25) is 4.79 Å². The predicted octanol–water partition coefficient (Wildman–Crippen LogP) is 1.93. The van der Waals surface area contributed by atoms with Gasteiger partial charge < -0.3 is 10.6 Å². The molecule has 0 spiro atoms. The van der Waals surface area contributed by atoms with Crippen LogP contribution >= 0.6 is 11.3 Å². The molecular weight excluding hydrogens is 246 g/mol. The third-order valence-electron chi connectivity index (χ3n) is 3.67. The molecule has 1 aliphatic rings. The third-order valence-corrected chi connectivity index (χ3v) is 4.59. The highest BCUT2D eigenvalue weighted by atomic mass is 32.1. The van der Waals surface area contributed by atoms with Gasteiger partial charge in [-0.15, -0.1) is 11.3 Å². The van der Waals surface area contributed by atoms with Crippen molar-refractivity contribution < 1.29 is 4.79 Å². The van der Waals surface area contributed by atoms with Gasteiger partial charge in [0, 0.05) is 23.9 Å². The minimum Gasteiger partial charge on any atom is -0.340 e. The smallest absolute Gasteiger partial charge is 0.225 e. The number of aryl methyl sites for hydroxylation is 1. The normalized spacial score (nSPS) is 23.9. The molecule has 0 radical (unpaired) electrons. The van der Waals surface area contributed by atoms with Crippen LogP contribution in [-0.4, -0.2) is 28.9 Å². The van der Waals surface area contributed by atoms with Gasteiger partial charge >= 0.3 is 0 Å². The first-order valence-electron chi connectivity index (χ1n) is 6.47. The van der Waals surface area contributed by atoms with Gasteiger partial charge in [0.2, 0.25) is 5.91 Å². The van der Waals surface area contributed by atoms with E-state index in [9.17, 15) is 4.79 Å². The summed E-state index contributed by atoms with van der Waals surface area (Å²) in [4.78, 5) is 19.5. The molecule has 18 heavy (non-hydrogen) atoms. The Bertz CT molecular complexity index is 418. The van der Waals surface area contributed by atoms with Crippen molar-refractivity contribution in [3.05, 3.63) is 16.1 Å². The molecule has 0 aromatic carbocycles. The molecule has 4 nitrogen and oxygen atoms in total. The number of thiazole rings is 1. The molecule has 5 heteroatoms. The van der Waals surface area contributed by atoms with Crippen LogP contribution in [0.15, 0.2) is 5.51 Å². The highest BCUT2D eigenvalue weighted by molar-refractivity contribution is 7.09. The van der Waals surface area contributed by atoms with E-state index < -0.39 is 0 Å². The molecule has 1 fully saturated rings. The number of nitrogens with zero attached hydrogens (tertiary/aromatic N) is 2. The number of hydrogen-bond acceptors (Lipinski definition) is 4. The molecular formula is C13H21N3OS. The summed E-state index contributed by atoms with van der Waals surface area (Å²) in [5.74, 6) is 0.352. The molecule has 2 N–H and O–H groups in total. The monoisotopic (exact) mass is 267 g/mol. The molecule has 1 aromatic heterocycles. The zero-order valence-electron chi connectivity index (χ0n) is 11.1. The lowest BCUT2D eigenvalue weighted by atomic mass is 9.85. The minimum absolute atomic E-state index is 0.118. The summed E-state index contributed by atoms with van der Waals surface area (Å²) in [6.45, 7) is 2.65. The zero-order chi connectivity index (χ0) is 13.1. The first kappa shape index (κ1) is 13.5. The first-order valence-corrected chi connectivity index (χ1v) is 7.35. The van der Waals surface area contributed by atoms with E-state index in [1.54, 1.807) is 11.3 Å². The predicted molar refractivity (Wildman–Crippen MR) is 73.3 cm³/mol. The third kappa shape index (κ3) is 3.09. The summed E-state index contributed by atoms with van der Waals surface area (Å²) in [5.41, 5.74) is 8.81. The van der Waals surface area contributed by atoms with Crippen molar-refractivity contribution in [2.24, 2.45) is 11.7 Å². The summed E-state index contributed by atoms with van der Waals surface area (Å²) < 4.78 is 0. The van der Waals surface area contributed by atoms with Crippen LogP contribution in [0.2, 0.25) is 0 Å². The second kappa shape index (κ2) is 5.80. The fourth-order valence-corrected chi connectivity index (χ4v) is 3.36. The SMILES string of the molecule is Cc1ncsc1CN(C)C(=O)[C@@H]1CCC[C@@H](N)C1. The van der Waals surface area contributed by atoms with Crippen LogP contribution in [0.1, 0.15) is 36.3 Å². The summed E-state index contributed by atoms with van der Waals surface area (Å²) in [6, 6.07) is 0.200. The highest BCUT2D eigenvalue weighted by Gasteiger charge is 2.27. The lowest BCUT2D eigenvalue weighted by Gasteiger charge is -2.29. The molecule has 1 heterocycles. The molecule has 1 amide bonds. The van der Waals surface area contributed by atoms with E-state index >= 15 is 0 Å². The summed E-state index contributed by atoms with van der Waals surface area (Å²) in [5, 5.41) is 0. The molecule has 2 atom stereocenters. The number of carbonyl (C=O) groups excluding carboxylic acids is 1. The van der Waals surface area contributed by atoms with Crippen molar-refractivity contribution in [2.45, 2.75) is 45.2 Å². The maximum absolute atomic E-state index is 12.3. The lowest BCUT2D eigenvalue weighted by Crippen LogP contribution is -2.38. The van der Waals surface area contributed by atoms with Crippen LogP contribution in [0.25, 0.3) is 0 Å². The Hall–Kier alpha value is -0.940. The van der Waals surface area contributed by atoms with Crippen molar-refractivity contribution >= 4 is 17.2 Å². The van der Waals surface area contributed by atoms with E-state index in [0.717, 1.165) is 31.4 Å². The van der Waals surface area contributed by atoms with Gasteiger partial charge in [0.25, 0.3) is 0 Å². The molecule has 0 unspecified atom stereocenters. The van der Waals surface area contributed by atoms with Gasteiger partial charge in [0.1, 0.15) is 0 Å². The fraction of sp³-hybridized carbons (Fsp3) is 0.692.